The van der Waals surface area contributed by atoms with Gasteiger partial charge in [-0.3, -0.25) is 4.79 Å². The molecule has 0 bridgehead atoms. The topological polar surface area (TPSA) is 64.4 Å². The fourth-order valence-electron chi connectivity index (χ4n) is 2.18. The molecule has 2 aromatic rings. The van der Waals surface area contributed by atoms with Crippen LogP contribution in [0.25, 0.3) is 11.0 Å². The number of carbonyl (C=O) groups is 1. The van der Waals surface area contributed by atoms with E-state index in [1.165, 1.54) is 18.2 Å². The SMILES string of the molecule is O=C(Nc1noc2ccc(F)cc12)C1CCOCC1. The van der Waals surface area contributed by atoms with Crippen LogP contribution in [0, 0.1) is 11.7 Å². The molecule has 0 spiro atoms. The maximum atomic E-state index is 13.2. The third-order valence-electron chi connectivity index (χ3n) is 3.27. The fraction of sp³-hybridized carbons (Fsp3) is 0.385. The molecular weight excluding hydrogens is 251 g/mol. The molecule has 1 aliphatic rings. The van der Waals surface area contributed by atoms with Crippen molar-refractivity contribution in [3.05, 3.63) is 24.0 Å². The number of nitrogens with zero attached hydrogens (tertiary/aromatic N) is 1. The second kappa shape index (κ2) is 4.97. The highest BCUT2D eigenvalue weighted by atomic mass is 19.1. The molecule has 6 heteroatoms. The number of rotatable bonds is 2. The van der Waals surface area contributed by atoms with Gasteiger partial charge in [-0.2, -0.15) is 0 Å². The Morgan fingerprint density at radius 1 is 1.37 bits per heavy atom. The summed E-state index contributed by atoms with van der Waals surface area (Å²) >= 11 is 0. The van der Waals surface area contributed by atoms with Gasteiger partial charge in [0.05, 0.1) is 5.39 Å². The summed E-state index contributed by atoms with van der Waals surface area (Å²) in [4.78, 5) is 12.1. The number of ether oxygens (including phenoxy) is 1. The number of anilines is 1. The smallest absolute Gasteiger partial charge is 0.228 e. The van der Waals surface area contributed by atoms with Gasteiger partial charge in [-0.25, -0.2) is 4.39 Å². The Labute approximate surface area is 108 Å². The van der Waals surface area contributed by atoms with Crippen molar-refractivity contribution in [2.24, 2.45) is 5.92 Å². The molecule has 1 N–H and O–H groups in total. The molecule has 5 nitrogen and oxygen atoms in total. The first-order valence-corrected chi connectivity index (χ1v) is 6.17. The molecule has 0 atom stereocenters. The molecule has 100 valence electrons. The molecule has 0 aliphatic carbocycles. The Hall–Kier alpha value is -1.95. The first-order chi connectivity index (χ1) is 9.24. The average Bonchev–Trinajstić information content (AvgIpc) is 2.82. The minimum Gasteiger partial charge on any atom is -0.381 e. The maximum Gasteiger partial charge on any atom is 0.228 e. The number of fused-ring (bicyclic) bond motifs is 1. The summed E-state index contributed by atoms with van der Waals surface area (Å²) in [6, 6.07) is 4.07. The van der Waals surface area contributed by atoms with Crippen molar-refractivity contribution in [3.63, 3.8) is 0 Å². The van der Waals surface area contributed by atoms with Crippen molar-refractivity contribution >= 4 is 22.7 Å². The van der Waals surface area contributed by atoms with Crippen LogP contribution in [0.5, 0.6) is 0 Å². The van der Waals surface area contributed by atoms with E-state index in [2.05, 4.69) is 10.5 Å². The van der Waals surface area contributed by atoms with Crippen LogP contribution in [0.1, 0.15) is 12.8 Å². The van der Waals surface area contributed by atoms with Gasteiger partial charge in [-0.1, -0.05) is 5.16 Å². The number of nitrogens with one attached hydrogen (secondary N) is 1. The third-order valence-corrected chi connectivity index (χ3v) is 3.27. The van der Waals surface area contributed by atoms with E-state index in [0.717, 1.165) is 0 Å². The number of carbonyl (C=O) groups excluding carboxylic acids is 1. The minimum atomic E-state index is -0.391. The van der Waals surface area contributed by atoms with E-state index in [4.69, 9.17) is 9.26 Å². The summed E-state index contributed by atoms with van der Waals surface area (Å²) in [6.07, 6.45) is 1.38. The van der Waals surface area contributed by atoms with Gasteiger partial charge >= 0.3 is 0 Å². The number of amides is 1. The van der Waals surface area contributed by atoms with E-state index >= 15 is 0 Å². The van der Waals surface area contributed by atoms with Crippen LogP contribution in [0.4, 0.5) is 10.2 Å². The molecule has 1 aromatic carbocycles. The quantitative estimate of drug-likeness (QED) is 0.904. The second-order valence-corrected chi connectivity index (χ2v) is 4.55. The Balaban J connectivity index is 1.80. The molecule has 1 amide bonds. The zero-order chi connectivity index (χ0) is 13.2. The van der Waals surface area contributed by atoms with Crippen molar-refractivity contribution < 1.29 is 18.4 Å². The van der Waals surface area contributed by atoms with Crippen LogP contribution in [-0.4, -0.2) is 24.3 Å². The van der Waals surface area contributed by atoms with Gasteiger partial charge in [-0.15, -0.1) is 0 Å². The van der Waals surface area contributed by atoms with Crippen LogP contribution in [0.3, 0.4) is 0 Å². The predicted octanol–water partition coefficient (Wildman–Crippen LogP) is 2.33. The average molecular weight is 264 g/mol. The van der Waals surface area contributed by atoms with Crippen molar-refractivity contribution in [1.29, 1.82) is 0 Å². The highest BCUT2D eigenvalue weighted by molar-refractivity contribution is 5.99. The largest absolute Gasteiger partial charge is 0.381 e. The van der Waals surface area contributed by atoms with Gasteiger partial charge in [-0.05, 0) is 31.0 Å². The molecule has 1 saturated heterocycles. The molecule has 1 aromatic heterocycles. The van der Waals surface area contributed by atoms with Gasteiger partial charge in [0.25, 0.3) is 0 Å². The number of hydrogen-bond acceptors (Lipinski definition) is 4. The number of hydrogen-bond donors (Lipinski definition) is 1. The molecule has 1 fully saturated rings. The lowest BCUT2D eigenvalue weighted by atomic mass is 9.99. The first-order valence-electron chi connectivity index (χ1n) is 6.17. The Morgan fingerprint density at radius 2 is 2.16 bits per heavy atom. The van der Waals surface area contributed by atoms with Crippen molar-refractivity contribution in [3.8, 4) is 0 Å². The first kappa shape index (κ1) is 12.1. The van der Waals surface area contributed by atoms with E-state index in [0.29, 0.717) is 37.0 Å². The molecule has 0 radical (unpaired) electrons. The summed E-state index contributed by atoms with van der Waals surface area (Å²) in [5.74, 6) is -0.333. The van der Waals surface area contributed by atoms with E-state index in [1.807, 2.05) is 0 Å². The maximum absolute atomic E-state index is 13.2. The molecule has 0 unspecified atom stereocenters. The number of halogens is 1. The molecule has 2 heterocycles. The molecule has 19 heavy (non-hydrogen) atoms. The highest BCUT2D eigenvalue weighted by Crippen LogP contribution is 2.25. The zero-order valence-electron chi connectivity index (χ0n) is 10.2. The van der Waals surface area contributed by atoms with Crippen molar-refractivity contribution in [1.82, 2.24) is 5.16 Å². The summed E-state index contributed by atoms with van der Waals surface area (Å²) in [5.41, 5.74) is 0.448. The van der Waals surface area contributed by atoms with Crippen molar-refractivity contribution in [2.45, 2.75) is 12.8 Å². The fourth-order valence-corrected chi connectivity index (χ4v) is 2.18. The van der Waals surface area contributed by atoms with Crippen molar-refractivity contribution in [2.75, 3.05) is 18.5 Å². The number of benzene rings is 1. The van der Waals surface area contributed by atoms with E-state index < -0.39 is 5.82 Å². The standard InChI is InChI=1S/C13H13FN2O3/c14-9-1-2-11-10(7-9)12(16-19-11)15-13(17)8-3-5-18-6-4-8/h1-2,7-8H,3-6H2,(H,15,16,17). The Morgan fingerprint density at radius 3 is 2.95 bits per heavy atom. The summed E-state index contributed by atoms with van der Waals surface area (Å²) < 4.78 is 23.4. The summed E-state index contributed by atoms with van der Waals surface area (Å²) in [6.45, 7) is 1.18. The van der Waals surface area contributed by atoms with Crippen LogP contribution in [0.15, 0.2) is 22.7 Å². The van der Waals surface area contributed by atoms with Crippen LogP contribution in [0.2, 0.25) is 0 Å². The van der Waals surface area contributed by atoms with E-state index in [1.54, 1.807) is 0 Å². The lowest BCUT2D eigenvalue weighted by Gasteiger charge is -2.20. The van der Waals surface area contributed by atoms with Crippen LogP contribution >= 0.6 is 0 Å². The lowest BCUT2D eigenvalue weighted by Crippen LogP contribution is -2.28. The van der Waals surface area contributed by atoms with Crippen LogP contribution in [-0.2, 0) is 9.53 Å². The number of aromatic nitrogens is 1. The van der Waals surface area contributed by atoms with E-state index in [9.17, 15) is 9.18 Å². The summed E-state index contributed by atoms with van der Waals surface area (Å²) in [7, 11) is 0. The van der Waals surface area contributed by atoms with Crippen LogP contribution < -0.4 is 5.32 Å². The molecule has 3 rings (SSSR count). The third kappa shape index (κ3) is 2.44. The highest BCUT2D eigenvalue weighted by Gasteiger charge is 2.23. The predicted molar refractivity (Wildman–Crippen MR) is 66.1 cm³/mol. The minimum absolute atomic E-state index is 0.0888. The lowest BCUT2D eigenvalue weighted by molar-refractivity contribution is -0.122. The monoisotopic (exact) mass is 264 g/mol. The van der Waals surface area contributed by atoms with Gasteiger partial charge in [0.2, 0.25) is 5.91 Å². The normalized spacial score (nSPS) is 16.7. The van der Waals surface area contributed by atoms with Gasteiger partial charge < -0.3 is 14.6 Å². The van der Waals surface area contributed by atoms with Gasteiger partial charge in [0, 0.05) is 19.1 Å². The zero-order valence-corrected chi connectivity index (χ0v) is 10.2. The molecular formula is C13H13FN2O3. The van der Waals surface area contributed by atoms with Gasteiger partial charge in [0.1, 0.15) is 5.82 Å². The van der Waals surface area contributed by atoms with E-state index in [-0.39, 0.29) is 17.6 Å². The Kier molecular flexibility index (Phi) is 3.16. The summed E-state index contributed by atoms with van der Waals surface area (Å²) in [5, 5.41) is 6.93. The molecule has 1 aliphatic heterocycles. The Bertz CT molecular complexity index is 605. The second-order valence-electron chi connectivity index (χ2n) is 4.55. The van der Waals surface area contributed by atoms with Gasteiger partial charge in [0.15, 0.2) is 11.4 Å². The molecule has 0 saturated carbocycles.